The summed E-state index contributed by atoms with van der Waals surface area (Å²) in [7, 11) is -9.25. The number of aryl methyl sites for hydroxylation is 6. The summed E-state index contributed by atoms with van der Waals surface area (Å²) < 4.78 is 118. The zero-order valence-corrected chi connectivity index (χ0v) is 74.9. The monoisotopic (exact) mass is 1730 g/mol. The van der Waals surface area contributed by atoms with E-state index in [1.165, 1.54) is 58.4 Å². The van der Waals surface area contributed by atoms with Gasteiger partial charge in [-0.15, -0.1) is 0 Å². The lowest BCUT2D eigenvalue weighted by Gasteiger charge is -2.38. The molecule has 15 nitrogen and oxygen atoms in total. The Labute approximate surface area is 723 Å². The lowest BCUT2D eigenvalue weighted by molar-refractivity contribution is 0.0318. The molecule has 0 aromatic heterocycles. The molecule has 0 N–H and O–H groups in total. The van der Waals surface area contributed by atoms with E-state index in [4.69, 9.17) is 23.7 Å². The van der Waals surface area contributed by atoms with Crippen molar-refractivity contribution in [2.75, 3.05) is 86.6 Å². The zero-order chi connectivity index (χ0) is 85.5. The number of piperidine rings is 2. The van der Waals surface area contributed by atoms with Crippen LogP contribution in [0, 0.1) is 12.7 Å². The topological polar surface area (TPSA) is 148 Å². The number of rotatable bonds is 27. The Morgan fingerprint density at radius 3 is 0.810 bits per heavy atom. The summed E-state index contributed by atoms with van der Waals surface area (Å²) in [5, 5.41) is 0. The molecule has 10 unspecified atom stereocenters. The standard InChI is InChI=1S/C21H27NO2S.C21H27NOS.C20H25NO3S.C19H22FNO2S.C19H23NO2S/c1-24-20-13-15-21(16-14-20)25(2,23)22-17-7-6-10-19(22)12-11-18-8-4-3-5-9-18;1-18-11-15-21(16-12-18)24(2,23)22-17-7-6-10-20(22)14-13-19-8-4-3-5-9-19;1-23-19-10-12-20(13-11-19)25(2,22)21-14-15-24-16-18(21)9-8-17-6-4-3-5-7-17;1-24(22,19-11-8-17(20)9-12-19)21-13-14-23-15-18(21)10-7-16-5-3-2-4-6-16;1-23(21,19-10-6-3-7-11-19)20-14-15-22-16-18(20)13-12-17-8-4-2-5-9-17/h3-5,8-9,13-16,19H,2,6-7,10-12,17H2,1H3;3-5,8-9,11-12,15-16,20H,2,6-7,10,13-14,17H2,1H3;3-7,10-13,18H,2,8-9,14-16H2,1H3;2-6,8-9,11-12,18H,1,7,10,13-15H2;2-11,18H,1,12-16H2. The molecule has 5 aliphatic rings. The van der Waals surface area contributed by atoms with Crippen molar-refractivity contribution in [3.8, 4) is 11.5 Å². The van der Waals surface area contributed by atoms with E-state index in [-0.39, 0.29) is 23.9 Å². The summed E-state index contributed by atoms with van der Waals surface area (Å²) >= 11 is 0. The van der Waals surface area contributed by atoms with Crippen LogP contribution < -0.4 is 9.47 Å². The number of hydrogen-bond donors (Lipinski definition) is 0. The molecule has 0 spiro atoms. The fourth-order valence-electron chi connectivity index (χ4n) is 16.2. The molecular formula is C100H124FN5O10S5. The van der Waals surface area contributed by atoms with Gasteiger partial charge in [0.2, 0.25) is 0 Å². The third kappa shape index (κ3) is 26.8. The first kappa shape index (κ1) is 93.2. The van der Waals surface area contributed by atoms with Gasteiger partial charge in [-0.1, -0.05) is 200 Å². The molecule has 646 valence electrons. The molecule has 5 fully saturated rings. The van der Waals surface area contributed by atoms with Gasteiger partial charge in [0.05, 0.1) is 102 Å². The van der Waals surface area contributed by atoms with Crippen LogP contribution in [-0.2, 0) is 94.9 Å². The summed E-state index contributed by atoms with van der Waals surface area (Å²) in [5.41, 5.74) is 7.72. The van der Waals surface area contributed by atoms with Gasteiger partial charge >= 0.3 is 0 Å². The number of benzene rings is 10. The predicted octanol–water partition coefficient (Wildman–Crippen LogP) is 17.8. The SMILES string of the molecule is C=S(=O)(c1ccc(C)cc1)N1CCCCC1CCc1ccccc1.C=S(=O)(c1ccc(F)cc1)N1CCOCC1CCc1ccccc1.C=S(=O)(c1ccc(OC)cc1)N1CCCCC1CCc1ccccc1.C=S(=O)(c1ccc(OC)cc1)N1CCOCC1CCc1ccccc1.C=S(=O)(c1ccccc1)N1CCOCC1CCc1ccccc1. The summed E-state index contributed by atoms with van der Waals surface area (Å²) in [5.74, 6) is 21.6. The van der Waals surface area contributed by atoms with Gasteiger partial charge < -0.3 is 23.7 Å². The largest absolute Gasteiger partial charge is 0.497 e. The van der Waals surface area contributed by atoms with Crippen LogP contribution in [0.2, 0.25) is 0 Å². The number of halogens is 1. The van der Waals surface area contributed by atoms with Crippen LogP contribution >= 0.6 is 0 Å². The first-order chi connectivity index (χ1) is 58.5. The maximum absolute atomic E-state index is 13.5. The van der Waals surface area contributed by atoms with E-state index < -0.39 is 48.5 Å². The Balaban J connectivity index is 0.000000148. The Bertz CT molecular complexity index is 5060. The normalized spacial score (nSPS) is 21.1. The Kier molecular flexibility index (Phi) is 35.7. The van der Waals surface area contributed by atoms with Gasteiger partial charge in [-0.25, -0.2) is 47.0 Å². The fraction of sp³-hybridized carbons (Fsp3) is 0.350. The third-order valence-corrected chi connectivity index (χ3v) is 34.4. The van der Waals surface area contributed by atoms with E-state index in [0.29, 0.717) is 76.3 Å². The van der Waals surface area contributed by atoms with E-state index in [0.717, 1.165) is 134 Å². The molecule has 10 aromatic rings. The number of morpholine rings is 3. The van der Waals surface area contributed by atoms with Crippen molar-refractivity contribution >= 4 is 77.9 Å². The van der Waals surface area contributed by atoms with E-state index in [9.17, 15) is 25.4 Å². The van der Waals surface area contributed by atoms with Crippen LogP contribution in [0.25, 0.3) is 0 Å². The molecule has 0 saturated carbocycles. The van der Waals surface area contributed by atoms with Crippen molar-refractivity contribution in [3.05, 3.63) is 318 Å². The molecule has 0 amide bonds. The maximum Gasteiger partial charge on any atom is 0.123 e. The molecule has 0 radical (unpaired) electrons. The summed E-state index contributed by atoms with van der Waals surface area (Å²) in [4.78, 5) is 3.75. The lowest BCUT2D eigenvalue weighted by Crippen LogP contribution is -2.48. The first-order valence-corrected chi connectivity index (χ1v) is 50.7. The van der Waals surface area contributed by atoms with Gasteiger partial charge in [0.1, 0.15) is 17.3 Å². The van der Waals surface area contributed by atoms with Crippen molar-refractivity contribution in [3.63, 3.8) is 0 Å². The van der Waals surface area contributed by atoms with Crippen molar-refractivity contribution in [1.82, 2.24) is 21.5 Å². The summed E-state index contributed by atoms with van der Waals surface area (Å²) in [6.07, 6.45) is 16.4. The van der Waals surface area contributed by atoms with Crippen LogP contribution in [-0.4, -0.2) is 189 Å². The first-order valence-electron chi connectivity index (χ1n) is 42.3. The van der Waals surface area contributed by atoms with Gasteiger partial charge in [-0.3, -0.25) is 0 Å². The van der Waals surface area contributed by atoms with Crippen LogP contribution in [0.3, 0.4) is 0 Å². The molecule has 10 aromatic carbocycles. The molecule has 5 heterocycles. The van der Waals surface area contributed by atoms with Gasteiger partial charge in [0.15, 0.2) is 0 Å². The summed E-state index contributed by atoms with van der Waals surface area (Å²) in [6.45, 7) is 9.15. The quantitative estimate of drug-likeness (QED) is 0.0456. The Morgan fingerprint density at radius 1 is 0.306 bits per heavy atom. The van der Waals surface area contributed by atoms with Gasteiger partial charge in [-0.05, 0) is 251 Å². The van der Waals surface area contributed by atoms with Crippen LogP contribution in [0.5, 0.6) is 11.5 Å². The highest BCUT2D eigenvalue weighted by Crippen LogP contribution is 2.33. The molecule has 21 heteroatoms. The van der Waals surface area contributed by atoms with Gasteiger partial charge in [-0.2, -0.15) is 0 Å². The number of nitrogens with zero attached hydrogens (tertiary/aromatic N) is 5. The number of ether oxygens (including phenoxy) is 5. The van der Waals surface area contributed by atoms with Crippen molar-refractivity contribution < 1.29 is 49.1 Å². The maximum atomic E-state index is 13.5. The minimum atomic E-state index is -2.65. The van der Waals surface area contributed by atoms with Crippen molar-refractivity contribution in [1.29, 1.82) is 0 Å². The van der Waals surface area contributed by atoms with Crippen LogP contribution in [0.1, 0.15) is 104 Å². The molecule has 0 bridgehead atoms. The van der Waals surface area contributed by atoms with Gasteiger partial charge in [0, 0.05) is 87.4 Å². The van der Waals surface area contributed by atoms with Crippen LogP contribution in [0.4, 0.5) is 4.39 Å². The Hall–Kier alpha value is -8.49. The second kappa shape index (κ2) is 46.3. The summed E-state index contributed by atoms with van der Waals surface area (Å²) in [6, 6.07) is 91.3. The highest BCUT2D eigenvalue weighted by atomic mass is 32.2. The smallest absolute Gasteiger partial charge is 0.123 e. The fourth-order valence-corrected chi connectivity index (χ4v) is 25.7. The average molecular weight is 1740 g/mol. The Morgan fingerprint density at radius 2 is 0.537 bits per heavy atom. The number of methoxy groups -OCH3 is 2. The second-order valence-electron chi connectivity index (χ2n) is 31.4. The molecule has 121 heavy (non-hydrogen) atoms. The molecule has 15 rings (SSSR count). The molecule has 5 saturated heterocycles. The average Bonchev–Trinajstić information content (AvgIpc) is 0.798. The highest BCUT2D eigenvalue weighted by Gasteiger charge is 2.35. The zero-order valence-electron chi connectivity index (χ0n) is 70.8. The molecule has 0 aliphatic carbocycles. The van der Waals surface area contributed by atoms with E-state index >= 15 is 0 Å². The highest BCUT2D eigenvalue weighted by molar-refractivity contribution is 7.99. The van der Waals surface area contributed by atoms with Crippen molar-refractivity contribution in [2.45, 2.75) is 164 Å². The van der Waals surface area contributed by atoms with E-state index in [2.05, 4.69) is 152 Å². The molecular weight excluding hydrogens is 1610 g/mol. The van der Waals surface area contributed by atoms with E-state index in [1.54, 1.807) is 26.4 Å². The van der Waals surface area contributed by atoms with Gasteiger partial charge in [0.25, 0.3) is 0 Å². The molecule has 10 atom stereocenters. The van der Waals surface area contributed by atoms with Crippen LogP contribution in [0.15, 0.2) is 304 Å². The lowest BCUT2D eigenvalue weighted by atomic mass is 9.98. The molecule has 5 aliphatic heterocycles. The second-order valence-corrected chi connectivity index (χ2v) is 42.6. The minimum Gasteiger partial charge on any atom is -0.497 e. The predicted molar refractivity (Wildman–Crippen MR) is 504 cm³/mol. The minimum absolute atomic E-state index is 0.0361. The van der Waals surface area contributed by atoms with Crippen molar-refractivity contribution in [2.24, 2.45) is 0 Å². The third-order valence-electron chi connectivity index (χ3n) is 23.1. The number of hydrogen-bond acceptors (Lipinski definition) is 10. The van der Waals surface area contributed by atoms with E-state index in [1.807, 2.05) is 160 Å².